The molecule has 1 aliphatic heterocycles. The number of hydrogen-bond donors (Lipinski definition) is 1. The van der Waals surface area contributed by atoms with E-state index in [0.717, 1.165) is 73.4 Å². The standard InChI is InChI=1S/C27H33N2O3/c1-29(2,15-13-20-11-12-25-21(17-20)14-16-31-25)19-24-18-28-26(32-24)27(30,23-9-6-10-23)22-7-4-3-5-8-22/h3-5,7-8,11-12,17-18,23,30H,6,9-10,13-16,19H2,1-2H3/q+1. The van der Waals surface area contributed by atoms with Gasteiger partial charge in [-0.2, -0.15) is 0 Å². The second kappa shape index (κ2) is 8.38. The molecular formula is C27H33N2O3+. The van der Waals surface area contributed by atoms with Gasteiger partial charge in [-0.1, -0.05) is 48.9 Å². The van der Waals surface area contributed by atoms with Gasteiger partial charge in [0.1, 0.15) is 12.3 Å². The first-order valence-corrected chi connectivity index (χ1v) is 11.7. The zero-order valence-electron chi connectivity index (χ0n) is 19.1. The number of aromatic nitrogens is 1. The molecule has 1 atom stereocenters. The van der Waals surface area contributed by atoms with Crippen LogP contribution in [0.25, 0.3) is 0 Å². The second-order valence-corrected chi connectivity index (χ2v) is 10.00. The van der Waals surface area contributed by atoms with Crippen LogP contribution in [0.2, 0.25) is 0 Å². The molecule has 0 radical (unpaired) electrons. The summed E-state index contributed by atoms with van der Waals surface area (Å²) in [5.74, 6) is 2.44. The largest absolute Gasteiger partial charge is 0.493 e. The van der Waals surface area contributed by atoms with Gasteiger partial charge >= 0.3 is 0 Å². The predicted molar refractivity (Wildman–Crippen MR) is 123 cm³/mol. The smallest absolute Gasteiger partial charge is 0.231 e. The molecule has 2 aliphatic rings. The SMILES string of the molecule is C[N+](C)(CCc1ccc2c(c1)CCO2)Cc1cnc(C(O)(c2ccccc2)C2CCC2)o1. The number of nitrogens with zero attached hydrogens (tertiary/aromatic N) is 2. The second-order valence-electron chi connectivity index (χ2n) is 10.00. The number of oxazole rings is 1. The van der Waals surface area contributed by atoms with E-state index in [1.165, 1.54) is 11.1 Å². The van der Waals surface area contributed by atoms with Crippen molar-refractivity contribution < 1.29 is 18.7 Å². The van der Waals surface area contributed by atoms with Gasteiger partial charge in [-0.25, -0.2) is 4.98 Å². The average Bonchev–Trinajstić information content (AvgIpc) is 3.40. The molecule has 0 saturated heterocycles. The Balaban J connectivity index is 1.29. The van der Waals surface area contributed by atoms with Crippen molar-refractivity contribution in [1.82, 2.24) is 4.98 Å². The minimum absolute atomic E-state index is 0.155. The molecule has 168 valence electrons. The maximum absolute atomic E-state index is 11.7. The zero-order valence-corrected chi connectivity index (χ0v) is 19.1. The van der Waals surface area contributed by atoms with Crippen LogP contribution in [0.1, 0.15) is 47.6 Å². The molecule has 0 spiro atoms. The molecule has 1 aromatic heterocycles. The summed E-state index contributed by atoms with van der Waals surface area (Å²) in [6.45, 7) is 2.52. The van der Waals surface area contributed by atoms with E-state index in [2.05, 4.69) is 37.3 Å². The number of hydrogen-bond acceptors (Lipinski definition) is 4. The highest BCUT2D eigenvalue weighted by Crippen LogP contribution is 2.46. The molecule has 1 fully saturated rings. The minimum atomic E-state index is -1.15. The molecule has 2 heterocycles. The highest BCUT2D eigenvalue weighted by molar-refractivity contribution is 5.39. The number of fused-ring (bicyclic) bond motifs is 1. The van der Waals surface area contributed by atoms with Gasteiger partial charge in [-0.3, -0.25) is 0 Å². The first-order valence-electron chi connectivity index (χ1n) is 11.7. The fourth-order valence-corrected chi connectivity index (χ4v) is 4.94. The molecule has 1 saturated carbocycles. The van der Waals surface area contributed by atoms with E-state index in [4.69, 9.17) is 9.15 Å². The first-order chi connectivity index (χ1) is 15.4. The van der Waals surface area contributed by atoms with Crippen molar-refractivity contribution in [3.8, 4) is 5.75 Å². The highest BCUT2D eigenvalue weighted by atomic mass is 16.5. The van der Waals surface area contributed by atoms with Crippen LogP contribution in [-0.2, 0) is 25.0 Å². The van der Waals surface area contributed by atoms with E-state index in [9.17, 15) is 5.11 Å². The van der Waals surface area contributed by atoms with Gasteiger partial charge in [0.05, 0.1) is 33.4 Å². The van der Waals surface area contributed by atoms with Crippen molar-refractivity contribution in [2.75, 3.05) is 27.2 Å². The lowest BCUT2D eigenvalue weighted by Gasteiger charge is -2.39. The summed E-state index contributed by atoms with van der Waals surface area (Å²) in [7, 11) is 4.43. The average molecular weight is 434 g/mol. The van der Waals surface area contributed by atoms with Gasteiger partial charge in [0.25, 0.3) is 0 Å². The predicted octanol–water partition coefficient (Wildman–Crippen LogP) is 4.46. The number of quaternary nitrogens is 1. The molecule has 5 rings (SSSR count). The van der Waals surface area contributed by atoms with Crippen LogP contribution in [0.4, 0.5) is 0 Å². The Morgan fingerprint density at radius 3 is 2.69 bits per heavy atom. The lowest BCUT2D eigenvalue weighted by molar-refractivity contribution is -0.904. The number of rotatable bonds is 8. The zero-order chi connectivity index (χ0) is 22.2. The van der Waals surface area contributed by atoms with Gasteiger partial charge in [0.15, 0.2) is 11.4 Å². The Morgan fingerprint density at radius 2 is 1.94 bits per heavy atom. The van der Waals surface area contributed by atoms with Crippen LogP contribution in [0, 0.1) is 5.92 Å². The number of aliphatic hydroxyl groups is 1. The topological polar surface area (TPSA) is 55.5 Å². The molecule has 1 aliphatic carbocycles. The monoisotopic (exact) mass is 433 g/mol. The van der Waals surface area contributed by atoms with Crippen molar-refractivity contribution in [3.63, 3.8) is 0 Å². The quantitative estimate of drug-likeness (QED) is 0.533. The maximum Gasteiger partial charge on any atom is 0.231 e. The molecule has 0 amide bonds. The van der Waals surface area contributed by atoms with Crippen molar-refractivity contribution in [2.24, 2.45) is 5.92 Å². The Labute approximate surface area is 190 Å². The van der Waals surface area contributed by atoms with Gasteiger partial charge in [0.2, 0.25) is 5.89 Å². The van der Waals surface area contributed by atoms with Gasteiger partial charge in [0, 0.05) is 18.8 Å². The van der Waals surface area contributed by atoms with Crippen molar-refractivity contribution in [3.05, 3.63) is 83.1 Å². The Bertz CT molecular complexity index is 1070. The van der Waals surface area contributed by atoms with Crippen LogP contribution in [0.3, 0.4) is 0 Å². The normalized spacial score (nSPS) is 18.0. The molecule has 5 heteroatoms. The van der Waals surface area contributed by atoms with Crippen molar-refractivity contribution in [1.29, 1.82) is 0 Å². The summed E-state index contributed by atoms with van der Waals surface area (Å²) >= 11 is 0. The summed E-state index contributed by atoms with van der Waals surface area (Å²) in [6, 6.07) is 16.4. The van der Waals surface area contributed by atoms with Gasteiger partial charge < -0.3 is 18.7 Å². The third kappa shape index (κ3) is 4.07. The van der Waals surface area contributed by atoms with Gasteiger partial charge in [-0.05, 0) is 35.6 Å². The van der Waals surface area contributed by atoms with Gasteiger partial charge in [-0.15, -0.1) is 0 Å². The van der Waals surface area contributed by atoms with Crippen molar-refractivity contribution >= 4 is 0 Å². The van der Waals surface area contributed by atoms with Crippen LogP contribution in [0.5, 0.6) is 5.75 Å². The lowest BCUT2D eigenvalue weighted by Crippen LogP contribution is -2.41. The number of likely N-dealkylation sites (N-methyl/N-ethyl adjacent to an activating group) is 1. The molecule has 1 N–H and O–H groups in total. The maximum atomic E-state index is 11.7. The molecular weight excluding hydrogens is 400 g/mol. The van der Waals surface area contributed by atoms with E-state index in [1.807, 2.05) is 30.3 Å². The molecule has 3 aromatic rings. The lowest BCUT2D eigenvalue weighted by atomic mass is 9.69. The molecule has 2 aromatic carbocycles. The summed E-state index contributed by atoms with van der Waals surface area (Å²) in [5.41, 5.74) is 2.39. The Morgan fingerprint density at radius 1 is 1.12 bits per heavy atom. The van der Waals surface area contributed by atoms with E-state index < -0.39 is 5.60 Å². The fourth-order valence-electron chi connectivity index (χ4n) is 4.94. The highest BCUT2D eigenvalue weighted by Gasteiger charge is 2.47. The van der Waals surface area contributed by atoms with Crippen molar-refractivity contribution in [2.45, 2.75) is 44.2 Å². The van der Waals surface area contributed by atoms with E-state index in [-0.39, 0.29) is 5.92 Å². The summed E-state index contributed by atoms with van der Waals surface area (Å²) in [4.78, 5) is 4.57. The van der Waals surface area contributed by atoms with E-state index >= 15 is 0 Å². The number of ether oxygens (including phenoxy) is 1. The summed E-state index contributed by atoms with van der Waals surface area (Å²) < 4.78 is 12.6. The van der Waals surface area contributed by atoms with Crippen LogP contribution in [0.15, 0.2) is 59.1 Å². The number of benzene rings is 2. The molecule has 32 heavy (non-hydrogen) atoms. The van der Waals surface area contributed by atoms with E-state index in [0.29, 0.717) is 5.89 Å². The summed E-state index contributed by atoms with van der Waals surface area (Å²) in [6.07, 6.45) is 6.94. The van der Waals surface area contributed by atoms with E-state index in [1.54, 1.807) is 6.20 Å². The molecule has 5 nitrogen and oxygen atoms in total. The summed E-state index contributed by atoms with van der Waals surface area (Å²) in [5, 5.41) is 11.7. The van der Waals surface area contributed by atoms with Crippen LogP contribution < -0.4 is 4.74 Å². The Kier molecular flexibility index (Phi) is 5.56. The fraction of sp³-hybridized carbons (Fsp3) is 0.444. The third-order valence-electron chi connectivity index (χ3n) is 7.13. The van der Waals surface area contributed by atoms with Crippen LogP contribution >= 0.6 is 0 Å². The minimum Gasteiger partial charge on any atom is -0.493 e. The first kappa shape index (κ1) is 21.2. The third-order valence-corrected chi connectivity index (χ3v) is 7.13. The Hall–Kier alpha value is -2.63. The molecule has 0 bridgehead atoms. The van der Waals surface area contributed by atoms with Crippen LogP contribution in [-0.4, -0.2) is 41.8 Å². The molecule has 1 unspecified atom stereocenters.